The molecule has 0 saturated carbocycles. The normalized spacial score (nSPS) is 19.3. The lowest BCUT2D eigenvalue weighted by atomic mass is 10.1. The van der Waals surface area contributed by atoms with Crippen LogP contribution in [-0.2, 0) is 11.2 Å². The second-order valence-corrected chi connectivity index (χ2v) is 6.31. The van der Waals surface area contributed by atoms with E-state index in [4.69, 9.17) is 9.47 Å². The van der Waals surface area contributed by atoms with Gasteiger partial charge in [-0.2, -0.15) is 0 Å². The van der Waals surface area contributed by atoms with Crippen molar-refractivity contribution >= 4 is 11.6 Å². The Morgan fingerprint density at radius 3 is 2.79 bits per heavy atom. The molecule has 1 amide bonds. The molecule has 2 aromatic rings. The van der Waals surface area contributed by atoms with Gasteiger partial charge in [-0.05, 0) is 55.2 Å². The lowest BCUT2D eigenvalue weighted by molar-refractivity contribution is 0.0679. The molecule has 4 heteroatoms. The summed E-state index contributed by atoms with van der Waals surface area (Å²) in [6.45, 7) is 2.15. The van der Waals surface area contributed by atoms with Crippen molar-refractivity contribution in [3.05, 3.63) is 59.7 Å². The predicted molar refractivity (Wildman–Crippen MR) is 92.7 cm³/mol. The van der Waals surface area contributed by atoms with Crippen molar-refractivity contribution in [3.63, 3.8) is 0 Å². The zero-order chi connectivity index (χ0) is 16.4. The molecule has 2 aliphatic heterocycles. The highest BCUT2D eigenvalue weighted by Crippen LogP contribution is 2.29. The zero-order valence-electron chi connectivity index (χ0n) is 13.6. The lowest BCUT2D eigenvalue weighted by Crippen LogP contribution is -2.28. The van der Waals surface area contributed by atoms with E-state index in [1.54, 1.807) is 0 Å². The van der Waals surface area contributed by atoms with Crippen LogP contribution >= 0.6 is 0 Å². The van der Waals surface area contributed by atoms with Crippen LogP contribution in [0.2, 0.25) is 0 Å². The molecule has 2 heterocycles. The van der Waals surface area contributed by atoms with Crippen molar-refractivity contribution in [1.82, 2.24) is 0 Å². The van der Waals surface area contributed by atoms with Crippen molar-refractivity contribution in [3.8, 4) is 5.75 Å². The van der Waals surface area contributed by atoms with Gasteiger partial charge in [0.05, 0.1) is 6.10 Å². The van der Waals surface area contributed by atoms with Crippen LogP contribution in [0.3, 0.4) is 0 Å². The van der Waals surface area contributed by atoms with E-state index in [9.17, 15) is 4.79 Å². The zero-order valence-corrected chi connectivity index (χ0v) is 13.6. The summed E-state index contributed by atoms with van der Waals surface area (Å²) in [6.07, 6.45) is 3.29. The first-order chi connectivity index (χ1) is 11.8. The van der Waals surface area contributed by atoms with E-state index in [2.05, 4.69) is 6.07 Å². The number of carbonyl (C=O) groups excluding carboxylic acids is 1. The Morgan fingerprint density at radius 1 is 1.17 bits per heavy atom. The van der Waals surface area contributed by atoms with E-state index >= 15 is 0 Å². The maximum absolute atomic E-state index is 12.8. The highest BCUT2D eigenvalue weighted by Gasteiger charge is 2.25. The largest absolute Gasteiger partial charge is 0.491 e. The van der Waals surface area contributed by atoms with Gasteiger partial charge < -0.3 is 14.4 Å². The van der Waals surface area contributed by atoms with Gasteiger partial charge >= 0.3 is 0 Å². The highest BCUT2D eigenvalue weighted by molar-refractivity contribution is 6.07. The van der Waals surface area contributed by atoms with Crippen LogP contribution < -0.4 is 9.64 Å². The van der Waals surface area contributed by atoms with Crippen LogP contribution in [0, 0.1) is 0 Å². The van der Waals surface area contributed by atoms with Gasteiger partial charge in [0.25, 0.3) is 5.91 Å². The molecule has 0 unspecified atom stereocenters. The summed E-state index contributed by atoms with van der Waals surface area (Å²) in [5.74, 6) is 0.828. The van der Waals surface area contributed by atoms with Crippen LogP contribution in [0.25, 0.3) is 0 Å². The standard InChI is InChI=1S/C20H21NO3/c22-20(21-12-11-15-4-1-2-6-19(15)21)16-7-9-17(10-8-16)24-14-18-5-3-13-23-18/h1-2,4,6-10,18H,3,5,11-14H2/t18-/m1/s1. The Hall–Kier alpha value is -2.33. The summed E-state index contributed by atoms with van der Waals surface area (Å²) in [4.78, 5) is 14.6. The van der Waals surface area contributed by atoms with Crippen LogP contribution in [0.4, 0.5) is 5.69 Å². The minimum absolute atomic E-state index is 0.0469. The third-order valence-electron chi connectivity index (χ3n) is 4.69. The lowest BCUT2D eigenvalue weighted by Gasteiger charge is -2.17. The molecule has 0 bridgehead atoms. The number of anilines is 1. The Morgan fingerprint density at radius 2 is 2.00 bits per heavy atom. The molecule has 0 radical (unpaired) electrons. The van der Waals surface area contributed by atoms with E-state index in [-0.39, 0.29) is 12.0 Å². The van der Waals surface area contributed by atoms with Crippen LogP contribution in [-0.4, -0.2) is 31.8 Å². The maximum Gasteiger partial charge on any atom is 0.258 e. The van der Waals surface area contributed by atoms with Gasteiger partial charge in [0.1, 0.15) is 12.4 Å². The number of hydrogen-bond acceptors (Lipinski definition) is 3. The fourth-order valence-corrected chi connectivity index (χ4v) is 3.36. The van der Waals surface area contributed by atoms with Gasteiger partial charge in [-0.25, -0.2) is 0 Å². The number of amides is 1. The number of carbonyl (C=O) groups is 1. The first-order valence-corrected chi connectivity index (χ1v) is 8.55. The Bertz CT molecular complexity index is 720. The van der Waals surface area contributed by atoms with E-state index in [1.807, 2.05) is 47.4 Å². The molecule has 24 heavy (non-hydrogen) atoms. The van der Waals surface area contributed by atoms with Crippen LogP contribution in [0.5, 0.6) is 5.75 Å². The molecule has 1 fully saturated rings. The van der Waals surface area contributed by atoms with Gasteiger partial charge in [0, 0.05) is 24.4 Å². The smallest absolute Gasteiger partial charge is 0.258 e. The molecule has 4 nitrogen and oxygen atoms in total. The molecule has 0 aromatic heterocycles. The van der Waals surface area contributed by atoms with Gasteiger partial charge in [0.2, 0.25) is 0 Å². The molecular formula is C20H21NO3. The molecule has 1 atom stereocenters. The Kier molecular flexibility index (Phi) is 4.22. The molecule has 2 aromatic carbocycles. The fourth-order valence-electron chi connectivity index (χ4n) is 3.36. The second-order valence-electron chi connectivity index (χ2n) is 6.31. The molecule has 0 aliphatic carbocycles. The molecule has 124 valence electrons. The topological polar surface area (TPSA) is 38.8 Å². The Balaban J connectivity index is 1.42. The highest BCUT2D eigenvalue weighted by atomic mass is 16.5. The number of ether oxygens (including phenoxy) is 2. The van der Waals surface area contributed by atoms with Crippen LogP contribution in [0.15, 0.2) is 48.5 Å². The first kappa shape index (κ1) is 15.2. The fraction of sp³-hybridized carbons (Fsp3) is 0.350. The molecule has 0 N–H and O–H groups in total. The van der Waals surface area contributed by atoms with Crippen molar-refractivity contribution in [1.29, 1.82) is 0 Å². The summed E-state index contributed by atoms with van der Waals surface area (Å²) >= 11 is 0. The average Bonchev–Trinajstić information content (AvgIpc) is 3.29. The Labute approximate surface area is 142 Å². The van der Waals surface area contributed by atoms with Gasteiger partial charge in [-0.3, -0.25) is 4.79 Å². The quantitative estimate of drug-likeness (QED) is 0.865. The van der Waals surface area contributed by atoms with Gasteiger partial charge in [-0.1, -0.05) is 18.2 Å². The van der Waals surface area contributed by atoms with Crippen LogP contribution in [0.1, 0.15) is 28.8 Å². The van der Waals surface area contributed by atoms with Crippen molar-refractivity contribution < 1.29 is 14.3 Å². The third-order valence-corrected chi connectivity index (χ3v) is 4.69. The number of benzene rings is 2. The van der Waals surface area contributed by atoms with Crippen molar-refractivity contribution in [2.45, 2.75) is 25.4 Å². The first-order valence-electron chi connectivity index (χ1n) is 8.55. The average molecular weight is 323 g/mol. The molecule has 1 saturated heterocycles. The summed E-state index contributed by atoms with van der Waals surface area (Å²) in [7, 11) is 0. The summed E-state index contributed by atoms with van der Waals surface area (Å²) in [5, 5.41) is 0. The van der Waals surface area contributed by atoms with E-state index in [1.165, 1.54) is 5.56 Å². The van der Waals surface area contributed by atoms with E-state index < -0.39 is 0 Å². The minimum Gasteiger partial charge on any atom is -0.491 e. The SMILES string of the molecule is O=C(c1ccc(OC[C@H]2CCCO2)cc1)N1CCc2ccccc21. The summed E-state index contributed by atoms with van der Waals surface area (Å²) in [5.41, 5.74) is 2.96. The molecular weight excluding hydrogens is 302 g/mol. The van der Waals surface area contributed by atoms with Crippen molar-refractivity contribution in [2.75, 3.05) is 24.7 Å². The van der Waals surface area contributed by atoms with Gasteiger partial charge in [0.15, 0.2) is 0 Å². The summed E-state index contributed by atoms with van der Waals surface area (Å²) < 4.78 is 11.3. The number of nitrogens with zero attached hydrogens (tertiary/aromatic N) is 1. The molecule has 2 aliphatic rings. The second kappa shape index (κ2) is 6.65. The maximum atomic E-state index is 12.8. The molecule has 0 spiro atoms. The van der Waals surface area contributed by atoms with E-state index in [0.717, 1.165) is 43.9 Å². The number of hydrogen-bond donors (Lipinski definition) is 0. The number of fused-ring (bicyclic) bond motifs is 1. The minimum atomic E-state index is 0.0469. The third kappa shape index (κ3) is 3.02. The number of rotatable bonds is 4. The summed E-state index contributed by atoms with van der Waals surface area (Å²) in [6, 6.07) is 15.5. The van der Waals surface area contributed by atoms with Crippen molar-refractivity contribution in [2.24, 2.45) is 0 Å². The monoisotopic (exact) mass is 323 g/mol. The molecule has 4 rings (SSSR count). The predicted octanol–water partition coefficient (Wildman–Crippen LogP) is 3.45. The number of para-hydroxylation sites is 1. The van der Waals surface area contributed by atoms with Gasteiger partial charge in [-0.15, -0.1) is 0 Å². The van der Waals surface area contributed by atoms with E-state index in [0.29, 0.717) is 12.2 Å².